The Bertz CT molecular complexity index is 1130. The molecule has 0 spiro atoms. The number of hydrogen-bond donors (Lipinski definition) is 0. The molecule has 2 amide bonds. The van der Waals surface area contributed by atoms with Gasteiger partial charge < -0.3 is 33.5 Å². The van der Waals surface area contributed by atoms with Gasteiger partial charge in [-0.1, -0.05) is 30.3 Å². The predicted molar refractivity (Wildman–Crippen MR) is 196 cm³/mol. The molecule has 0 radical (unpaired) electrons. The molecule has 1 unspecified atom stereocenters. The fraction of sp³-hybridized carbons (Fsp3) is 0.789. The summed E-state index contributed by atoms with van der Waals surface area (Å²) in [6, 6.07) is 10.7. The number of benzene rings is 1. The second-order valence-corrected chi connectivity index (χ2v) is 16.5. The van der Waals surface area contributed by atoms with Crippen molar-refractivity contribution in [3.8, 4) is 0 Å². The van der Waals surface area contributed by atoms with Gasteiger partial charge in [0.1, 0.15) is 11.2 Å². The SMILES string of the molecule is CC(C)(C)OC(=O)N1CCN(C[C@@H]2CO2)CC1.CC(C)(C)OC(=O)N1CCN(C[C@H]2CO2)CC1.c1ccc(CN2CCN(CC3CO3)CC2)cc1. The Hall–Kier alpha value is -2.52. The van der Waals surface area contributed by atoms with E-state index in [1.165, 1.54) is 31.7 Å². The van der Waals surface area contributed by atoms with Crippen molar-refractivity contribution in [2.45, 2.75) is 77.6 Å². The van der Waals surface area contributed by atoms with Crippen LogP contribution in [0.25, 0.3) is 0 Å². The highest BCUT2D eigenvalue weighted by atomic mass is 16.6. The number of epoxide rings is 3. The van der Waals surface area contributed by atoms with E-state index in [0.29, 0.717) is 18.3 Å². The minimum absolute atomic E-state index is 0.195. The summed E-state index contributed by atoms with van der Waals surface area (Å²) in [5.41, 5.74) is 0.609. The Morgan fingerprint density at radius 1 is 0.549 bits per heavy atom. The van der Waals surface area contributed by atoms with Crippen molar-refractivity contribution in [2.24, 2.45) is 0 Å². The fourth-order valence-electron chi connectivity index (χ4n) is 6.23. The molecular formula is C38H64N6O7. The summed E-state index contributed by atoms with van der Waals surface area (Å²) in [7, 11) is 0. The van der Waals surface area contributed by atoms with E-state index < -0.39 is 11.2 Å². The number of ether oxygens (including phenoxy) is 5. The molecule has 6 fully saturated rings. The van der Waals surface area contributed by atoms with Gasteiger partial charge in [0.2, 0.25) is 0 Å². The van der Waals surface area contributed by atoms with Crippen LogP contribution in [0.5, 0.6) is 0 Å². The molecule has 6 aliphatic heterocycles. The first-order chi connectivity index (χ1) is 24.3. The largest absolute Gasteiger partial charge is 0.444 e. The van der Waals surface area contributed by atoms with E-state index in [2.05, 4.69) is 49.9 Å². The van der Waals surface area contributed by atoms with Gasteiger partial charge in [-0.25, -0.2) is 9.59 Å². The Balaban J connectivity index is 0.000000148. The number of carbonyl (C=O) groups is 2. The van der Waals surface area contributed by atoms with E-state index in [-0.39, 0.29) is 12.2 Å². The van der Waals surface area contributed by atoms with E-state index in [1.807, 2.05) is 41.5 Å². The number of carbonyl (C=O) groups excluding carboxylic acids is 2. The Morgan fingerprint density at radius 2 is 0.863 bits per heavy atom. The van der Waals surface area contributed by atoms with Crippen molar-refractivity contribution < 1.29 is 33.3 Å². The topological polar surface area (TPSA) is 110 Å². The lowest BCUT2D eigenvalue weighted by Crippen LogP contribution is -2.50. The number of nitrogens with zero attached hydrogens (tertiary/aromatic N) is 6. The molecule has 1 aromatic rings. The number of piperazine rings is 3. The number of amides is 2. The highest BCUT2D eigenvalue weighted by molar-refractivity contribution is 5.68. The summed E-state index contributed by atoms with van der Waals surface area (Å²) in [5, 5.41) is 0. The third-order valence-corrected chi connectivity index (χ3v) is 9.35. The van der Waals surface area contributed by atoms with E-state index in [9.17, 15) is 9.59 Å². The Labute approximate surface area is 306 Å². The summed E-state index contributed by atoms with van der Waals surface area (Å²) in [6.45, 7) is 29.8. The molecule has 13 nitrogen and oxygen atoms in total. The summed E-state index contributed by atoms with van der Waals surface area (Å²) >= 11 is 0. The second-order valence-electron chi connectivity index (χ2n) is 16.5. The molecule has 6 aliphatic rings. The Morgan fingerprint density at radius 3 is 1.18 bits per heavy atom. The lowest BCUT2D eigenvalue weighted by molar-refractivity contribution is 0.0131. The number of rotatable bonds is 8. The zero-order valence-electron chi connectivity index (χ0n) is 32.1. The average Bonchev–Trinajstić information content (AvgIpc) is 3.91. The third kappa shape index (κ3) is 15.9. The molecule has 51 heavy (non-hydrogen) atoms. The molecule has 0 aromatic heterocycles. The molecule has 7 rings (SSSR count). The molecule has 13 heteroatoms. The maximum atomic E-state index is 11.8. The fourth-order valence-corrected chi connectivity index (χ4v) is 6.23. The van der Waals surface area contributed by atoms with Gasteiger partial charge in [0, 0.05) is 105 Å². The molecule has 288 valence electrons. The molecule has 1 aromatic carbocycles. The van der Waals surface area contributed by atoms with Crippen LogP contribution in [0.3, 0.4) is 0 Å². The summed E-state index contributed by atoms with van der Waals surface area (Å²) in [5.74, 6) is 0. The first-order valence-corrected chi connectivity index (χ1v) is 19.0. The minimum Gasteiger partial charge on any atom is -0.444 e. The van der Waals surface area contributed by atoms with E-state index in [0.717, 1.165) is 98.4 Å². The maximum Gasteiger partial charge on any atom is 0.410 e. The first-order valence-electron chi connectivity index (χ1n) is 19.0. The van der Waals surface area contributed by atoms with Crippen LogP contribution in [0.4, 0.5) is 9.59 Å². The maximum absolute atomic E-state index is 11.8. The third-order valence-electron chi connectivity index (χ3n) is 9.35. The lowest BCUT2D eigenvalue weighted by Gasteiger charge is -2.35. The van der Waals surface area contributed by atoms with Gasteiger partial charge in [0.25, 0.3) is 0 Å². The van der Waals surface area contributed by atoms with Crippen LogP contribution in [0, 0.1) is 0 Å². The highest BCUT2D eigenvalue weighted by Gasteiger charge is 2.32. The van der Waals surface area contributed by atoms with Crippen LogP contribution < -0.4 is 0 Å². The van der Waals surface area contributed by atoms with Gasteiger partial charge in [-0.05, 0) is 47.1 Å². The second kappa shape index (κ2) is 18.5. The van der Waals surface area contributed by atoms with Crippen LogP contribution in [0.15, 0.2) is 30.3 Å². The van der Waals surface area contributed by atoms with Gasteiger partial charge in [0.05, 0.1) is 38.1 Å². The van der Waals surface area contributed by atoms with Crippen molar-refractivity contribution in [2.75, 3.05) is 118 Å². The molecular weight excluding hydrogens is 652 g/mol. The lowest BCUT2D eigenvalue weighted by atomic mass is 10.2. The minimum atomic E-state index is -0.407. The molecule has 0 bridgehead atoms. The summed E-state index contributed by atoms with van der Waals surface area (Å²) in [4.78, 5) is 37.0. The van der Waals surface area contributed by atoms with Crippen molar-refractivity contribution in [1.29, 1.82) is 0 Å². The first kappa shape index (κ1) is 39.7. The van der Waals surface area contributed by atoms with Gasteiger partial charge in [-0.15, -0.1) is 0 Å². The summed E-state index contributed by atoms with van der Waals surface area (Å²) < 4.78 is 26.4. The van der Waals surface area contributed by atoms with E-state index >= 15 is 0 Å². The van der Waals surface area contributed by atoms with Gasteiger partial charge in [-0.3, -0.25) is 19.6 Å². The molecule has 6 heterocycles. The zero-order chi connectivity index (χ0) is 36.4. The van der Waals surface area contributed by atoms with Crippen LogP contribution in [0.1, 0.15) is 47.1 Å². The van der Waals surface area contributed by atoms with Crippen LogP contribution >= 0.6 is 0 Å². The Kier molecular flexibility index (Phi) is 14.4. The van der Waals surface area contributed by atoms with E-state index in [1.54, 1.807) is 9.80 Å². The quantitative estimate of drug-likeness (QED) is 0.371. The highest BCUT2D eigenvalue weighted by Crippen LogP contribution is 2.17. The zero-order valence-corrected chi connectivity index (χ0v) is 32.1. The summed E-state index contributed by atoms with van der Waals surface area (Å²) in [6.07, 6.45) is 1.02. The molecule has 0 saturated carbocycles. The van der Waals surface area contributed by atoms with Crippen molar-refractivity contribution in [3.05, 3.63) is 35.9 Å². The molecule has 3 atom stereocenters. The van der Waals surface area contributed by atoms with Crippen molar-refractivity contribution in [1.82, 2.24) is 29.4 Å². The van der Waals surface area contributed by atoms with Gasteiger partial charge in [0.15, 0.2) is 0 Å². The smallest absolute Gasteiger partial charge is 0.410 e. The van der Waals surface area contributed by atoms with Crippen LogP contribution in [0.2, 0.25) is 0 Å². The monoisotopic (exact) mass is 716 g/mol. The standard InChI is InChI=1S/C14H20N2O.2C12H22N2O3/c1-2-4-13(5-3-1)10-15-6-8-16(9-7-15)11-14-12-17-14;2*1-12(2,3)17-11(15)14-6-4-13(5-7-14)8-10-9-16-10/h1-5,14H,6-12H2;2*10H,4-9H2,1-3H3/t;2*10-/m.10/s1. The predicted octanol–water partition coefficient (Wildman–Crippen LogP) is 3.08. The normalized spacial score (nSPS) is 25.9. The average molecular weight is 717 g/mol. The van der Waals surface area contributed by atoms with Gasteiger partial charge in [-0.2, -0.15) is 0 Å². The van der Waals surface area contributed by atoms with Crippen LogP contribution in [-0.4, -0.2) is 189 Å². The molecule has 0 N–H and O–H groups in total. The molecule has 0 aliphatic carbocycles. The number of hydrogen-bond acceptors (Lipinski definition) is 11. The van der Waals surface area contributed by atoms with Gasteiger partial charge >= 0.3 is 12.2 Å². The van der Waals surface area contributed by atoms with E-state index in [4.69, 9.17) is 23.7 Å². The van der Waals surface area contributed by atoms with Crippen LogP contribution in [-0.2, 0) is 30.2 Å². The van der Waals surface area contributed by atoms with Crippen molar-refractivity contribution in [3.63, 3.8) is 0 Å². The van der Waals surface area contributed by atoms with Crippen molar-refractivity contribution >= 4 is 12.2 Å². The molecule has 6 saturated heterocycles.